The zero-order valence-corrected chi connectivity index (χ0v) is 13.1. The zero-order chi connectivity index (χ0) is 14.5. The maximum atomic E-state index is 12.2. The van der Waals surface area contributed by atoms with Crippen LogP contribution in [-0.4, -0.2) is 54.5 Å². The predicted octanol–water partition coefficient (Wildman–Crippen LogP) is 1.69. The lowest BCUT2D eigenvalue weighted by atomic mass is 9.91. The number of nitrogens with zero attached hydrogens (tertiary/aromatic N) is 2. The average molecular weight is 269 g/mol. The summed E-state index contributed by atoms with van der Waals surface area (Å²) in [5.41, 5.74) is 5.75. The molecule has 1 rings (SSSR count). The SMILES string of the molecule is CCC(CCN)N1CCN(C(=O)CC(C)(C)C)CC1. The van der Waals surface area contributed by atoms with Crippen LogP contribution in [0.4, 0.5) is 0 Å². The summed E-state index contributed by atoms with van der Waals surface area (Å²) in [6.07, 6.45) is 2.85. The first kappa shape index (κ1) is 16.4. The highest BCUT2D eigenvalue weighted by atomic mass is 16.2. The quantitative estimate of drug-likeness (QED) is 0.826. The van der Waals surface area contributed by atoms with Crippen LogP contribution in [0.2, 0.25) is 0 Å². The number of carbonyl (C=O) groups excluding carboxylic acids is 1. The standard InChI is InChI=1S/C15H31N3O/c1-5-13(6-7-16)17-8-10-18(11-9-17)14(19)12-15(2,3)4/h13H,5-12,16H2,1-4H3. The molecule has 0 spiro atoms. The van der Waals surface area contributed by atoms with Crippen molar-refractivity contribution < 1.29 is 4.79 Å². The van der Waals surface area contributed by atoms with Gasteiger partial charge in [-0.1, -0.05) is 27.7 Å². The molecule has 4 heteroatoms. The van der Waals surface area contributed by atoms with Gasteiger partial charge in [0.15, 0.2) is 0 Å². The summed E-state index contributed by atoms with van der Waals surface area (Å²) in [4.78, 5) is 16.7. The van der Waals surface area contributed by atoms with E-state index in [-0.39, 0.29) is 5.41 Å². The van der Waals surface area contributed by atoms with Crippen LogP contribution < -0.4 is 5.73 Å². The van der Waals surface area contributed by atoms with Crippen LogP contribution in [0.1, 0.15) is 47.0 Å². The van der Waals surface area contributed by atoms with Gasteiger partial charge in [0.25, 0.3) is 0 Å². The van der Waals surface area contributed by atoms with E-state index in [0.29, 0.717) is 18.4 Å². The van der Waals surface area contributed by atoms with Crippen molar-refractivity contribution in [1.82, 2.24) is 9.80 Å². The Morgan fingerprint density at radius 1 is 1.21 bits per heavy atom. The molecule has 2 N–H and O–H groups in total. The van der Waals surface area contributed by atoms with Crippen molar-refractivity contribution in [3.8, 4) is 0 Å². The molecule has 0 aromatic carbocycles. The largest absolute Gasteiger partial charge is 0.340 e. The lowest BCUT2D eigenvalue weighted by molar-refractivity contribution is -0.135. The topological polar surface area (TPSA) is 49.6 Å². The lowest BCUT2D eigenvalue weighted by Gasteiger charge is -2.39. The predicted molar refractivity (Wildman–Crippen MR) is 80.0 cm³/mol. The van der Waals surface area contributed by atoms with Gasteiger partial charge in [-0.25, -0.2) is 0 Å². The minimum atomic E-state index is 0.0831. The van der Waals surface area contributed by atoms with Crippen molar-refractivity contribution in [3.05, 3.63) is 0 Å². The van der Waals surface area contributed by atoms with Crippen molar-refractivity contribution in [2.24, 2.45) is 11.1 Å². The van der Waals surface area contributed by atoms with Gasteiger partial charge in [-0.2, -0.15) is 0 Å². The fourth-order valence-electron chi connectivity index (χ4n) is 2.74. The summed E-state index contributed by atoms with van der Waals surface area (Å²) < 4.78 is 0. The van der Waals surface area contributed by atoms with Crippen molar-refractivity contribution in [2.75, 3.05) is 32.7 Å². The molecule has 0 radical (unpaired) electrons. The van der Waals surface area contributed by atoms with Crippen LogP contribution in [0.3, 0.4) is 0 Å². The van der Waals surface area contributed by atoms with E-state index in [1.807, 2.05) is 4.90 Å². The molecule has 1 fully saturated rings. The molecule has 0 bridgehead atoms. The third-order valence-electron chi connectivity index (χ3n) is 3.84. The molecule has 0 aromatic rings. The van der Waals surface area contributed by atoms with E-state index in [1.54, 1.807) is 0 Å². The van der Waals surface area contributed by atoms with Gasteiger partial charge in [0.2, 0.25) is 5.91 Å². The number of amides is 1. The molecule has 0 saturated carbocycles. The second-order valence-electron chi connectivity index (χ2n) is 6.79. The van der Waals surface area contributed by atoms with Gasteiger partial charge < -0.3 is 10.6 Å². The van der Waals surface area contributed by atoms with Crippen LogP contribution >= 0.6 is 0 Å². The van der Waals surface area contributed by atoms with Crippen molar-refractivity contribution in [2.45, 2.75) is 53.0 Å². The average Bonchev–Trinajstić information content (AvgIpc) is 2.34. The fourth-order valence-corrected chi connectivity index (χ4v) is 2.74. The molecule has 0 aliphatic carbocycles. The summed E-state index contributed by atoms with van der Waals surface area (Å²) in [5, 5.41) is 0. The van der Waals surface area contributed by atoms with Gasteiger partial charge in [0.1, 0.15) is 0 Å². The zero-order valence-electron chi connectivity index (χ0n) is 13.1. The summed E-state index contributed by atoms with van der Waals surface area (Å²) in [5.74, 6) is 0.305. The molecule has 4 nitrogen and oxygen atoms in total. The fraction of sp³-hybridized carbons (Fsp3) is 0.933. The van der Waals surface area contributed by atoms with E-state index in [9.17, 15) is 4.79 Å². The summed E-state index contributed by atoms with van der Waals surface area (Å²) in [7, 11) is 0. The lowest BCUT2D eigenvalue weighted by Crippen LogP contribution is -2.52. The van der Waals surface area contributed by atoms with Gasteiger partial charge in [-0.15, -0.1) is 0 Å². The first-order chi connectivity index (χ1) is 8.87. The number of nitrogens with two attached hydrogens (primary N) is 1. The Bertz CT molecular complexity index is 278. The molecule has 1 aliphatic heterocycles. The van der Waals surface area contributed by atoms with E-state index in [4.69, 9.17) is 5.73 Å². The van der Waals surface area contributed by atoms with Crippen LogP contribution in [0.15, 0.2) is 0 Å². The molecule has 19 heavy (non-hydrogen) atoms. The second kappa shape index (κ2) is 7.25. The van der Waals surface area contributed by atoms with Crippen molar-refractivity contribution in [1.29, 1.82) is 0 Å². The first-order valence-corrected chi connectivity index (χ1v) is 7.59. The van der Waals surface area contributed by atoms with E-state index < -0.39 is 0 Å². The summed E-state index contributed by atoms with van der Waals surface area (Å²) in [6.45, 7) is 13.1. The molecule has 1 saturated heterocycles. The van der Waals surface area contributed by atoms with Crippen molar-refractivity contribution in [3.63, 3.8) is 0 Å². The minimum absolute atomic E-state index is 0.0831. The van der Waals surface area contributed by atoms with Gasteiger partial charge in [0, 0.05) is 38.6 Å². The molecule has 1 aliphatic rings. The highest BCUT2D eigenvalue weighted by molar-refractivity contribution is 5.76. The molecule has 0 aromatic heterocycles. The molecule has 1 heterocycles. The Hall–Kier alpha value is -0.610. The van der Waals surface area contributed by atoms with Crippen molar-refractivity contribution >= 4 is 5.91 Å². The second-order valence-corrected chi connectivity index (χ2v) is 6.79. The number of hydrogen-bond acceptors (Lipinski definition) is 3. The highest BCUT2D eigenvalue weighted by Gasteiger charge is 2.26. The Balaban J connectivity index is 2.42. The number of hydrogen-bond donors (Lipinski definition) is 1. The van der Waals surface area contributed by atoms with Gasteiger partial charge in [0.05, 0.1) is 0 Å². The molecular weight excluding hydrogens is 238 g/mol. The maximum absolute atomic E-state index is 12.2. The molecular formula is C15H31N3O. The van der Waals surface area contributed by atoms with Crippen LogP contribution in [0, 0.1) is 5.41 Å². The first-order valence-electron chi connectivity index (χ1n) is 7.59. The van der Waals surface area contributed by atoms with E-state index in [2.05, 4.69) is 32.6 Å². The minimum Gasteiger partial charge on any atom is -0.340 e. The Morgan fingerprint density at radius 3 is 2.21 bits per heavy atom. The normalized spacial score (nSPS) is 19.5. The van der Waals surface area contributed by atoms with E-state index in [0.717, 1.165) is 45.6 Å². The maximum Gasteiger partial charge on any atom is 0.223 e. The smallest absolute Gasteiger partial charge is 0.223 e. The third kappa shape index (κ3) is 5.49. The third-order valence-corrected chi connectivity index (χ3v) is 3.84. The number of rotatable bonds is 5. The summed E-state index contributed by atoms with van der Waals surface area (Å²) in [6, 6.07) is 0.588. The van der Waals surface area contributed by atoms with Crippen LogP contribution in [-0.2, 0) is 4.79 Å². The number of carbonyl (C=O) groups is 1. The van der Waals surface area contributed by atoms with E-state index in [1.165, 1.54) is 0 Å². The Labute approximate surface area is 118 Å². The Morgan fingerprint density at radius 2 is 1.79 bits per heavy atom. The monoisotopic (exact) mass is 269 g/mol. The van der Waals surface area contributed by atoms with Gasteiger partial charge in [-0.3, -0.25) is 9.69 Å². The van der Waals surface area contributed by atoms with Gasteiger partial charge >= 0.3 is 0 Å². The van der Waals surface area contributed by atoms with E-state index >= 15 is 0 Å². The number of piperazine rings is 1. The Kier molecular flexibility index (Phi) is 6.27. The molecule has 1 unspecified atom stereocenters. The molecule has 1 amide bonds. The van der Waals surface area contributed by atoms with Crippen LogP contribution in [0.5, 0.6) is 0 Å². The highest BCUT2D eigenvalue weighted by Crippen LogP contribution is 2.21. The molecule has 112 valence electrons. The van der Waals surface area contributed by atoms with Gasteiger partial charge in [-0.05, 0) is 24.8 Å². The summed E-state index contributed by atoms with van der Waals surface area (Å²) >= 11 is 0. The molecule has 1 atom stereocenters. The van der Waals surface area contributed by atoms with Crippen LogP contribution in [0.25, 0.3) is 0 Å².